The predicted octanol–water partition coefficient (Wildman–Crippen LogP) is 2.71. The van der Waals surface area contributed by atoms with Crippen LogP contribution in [0.1, 0.15) is 60.3 Å². The molecule has 2 aliphatic rings. The van der Waals surface area contributed by atoms with Crippen molar-refractivity contribution in [3.05, 3.63) is 0 Å². The molecule has 2 aliphatic carbocycles. The van der Waals surface area contributed by atoms with Crippen molar-refractivity contribution in [3.63, 3.8) is 0 Å². The van der Waals surface area contributed by atoms with Gasteiger partial charge in [0.2, 0.25) is 5.91 Å². The summed E-state index contributed by atoms with van der Waals surface area (Å²) in [5, 5.41) is 6.63. The second-order valence-corrected chi connectivity index (χ2v) is 7.53. The van der Waals surface area contributed by atoms with Gasteiger partial charge >= 0.3 is 0 Å². The van der Waals surface area contributed by atoms with Crippen molar-refractivity contribution >= 4 is 5.91 Å². The highest BCUT2D eigenvalue weighted by Gasteiger charge is 2.59. The maximum atomic E-state index is 12.0. The maximum absolute atomic E-state index is 12.0. The van der Waals surface area contributed by atoms with Gasteiger partial charge in [-0.15, -0.1) is 0 Å². The molecule has 0 aromatic carbocycles. The van der Waals surface area contributed by atoms with E-state index in [1.54, 1.807) is 0 Å². The van der Waals surface area contributed by atoms with Gasteiger partial charge in [0.25, 0.3) is 0 Å². The van der Waals surface area contributed by atoms with E-state index in [2.05, 4.69) is 38.3 Å². The lowest BCUT2D eigenvalue weighted by atomic mass is 9.68. The normalized spacial score (nSPS) is 37.3. The molecule has 0 aromatic heterocycles. The zero-order valence-electron chi connectivity index (χ0n) is 13.2. The minimum absolute atomic E-state index is 0.0907. The topological polar surface area (TPSA) is 41.1 Å². The minimum atomic E-state index is -0.0907. The quantitative estimate of drug-likeness (QED) is 0.803. The number of hydrogen-bond acceptors (Lipinski definition) is 2. The Hall–Kier alpha value is -0.570. The second-order valence-electron chi connectivity index (χ2n) is 7.53. The number of nitrogens with one attached hydrogen (secondary N) is 2. The number of carbonyl (C=O) groups is 1. The highest BCUT2D eigenvalue weighted by Crippen LogP contribution is 2.62. The van der Waals surface area contributed by atoms with Crippen molar-refractivity contribution < 1.29 is 4.79 Å². The fraction of sp³-hybridized carbons (Fsp3) is 0.938. The molecule has 110 valence electrons. The Kier molecular flexibility index (Phi) is 3.97. The smallest absolute Gasteiger partial charge is 0.236 e. The summed E-state index contributed by atoms with van der Waals surface area (Å²) in [6.07, 6.45) is 4.98. The van der Waals surface area contributed by atoms with E-state index in [9.17, 15) is 4.79 Å². The predicted molar refractivity (Wildman–Crippen MR) is 78.9 cm³/mol. The summed E-state index contributed by atoms with van der Waals surface area (Å²) >= 11 is 0. The first kappa shape index (κ1) is 14.8. The number of hydrogen-bond donors (Lipinski definition) is 2. The van der Waals surface area contributed by atoms with E-state index in [4.69, 9.17) is 0 Å². The first-order chi connectivity index (χ1) is 8.81. The average Bonchev–Trinajstić information content (AvgIpc) is 2.82. The van der Waals surface area contributed by atoms with Crippen LogP contribution in [0, 0.1) is 16.7 Å². The Bertz CT molecular complexity index is 348. The van der Waals surface area contributed by atoms with Crippen LogP contribution in [-0.4, -0.2) is 24.5 Å². The van der Waals surface area contributed by atoms with Crippen LogP contribution in [0.2, 0.25) is 0 Å². The third-order valence-corrected chi connectivity index (χ3v) is 5.63. The van der Waals surface area contributed by atoms with Crippen LogP contribution in [0.3, 0.4) is 0 Å². The summed E-state index contributed by atoms with van der Waals surface area (Å²) in [6, 6.07) is 0.369. The molecule has 0 aromatic rings. The Labute approximate surface area is 117 Å². The summed E-state index contributed by atoms with van der Waals surface area (Å²) in [4.78, 5) is 12.0. The molecule has 19 heavy (non-hydrogen) atoms. The maximum Gasteiger partial charge on any atom is 0.236 e. The lowest BCUT2D eigenvalue weighted by Gasteiger charge is -2.44. The number of carbonyl (C=O) groups excluding carboxylic acids is 1. The Morgan fingerprint density at radius 1 is 1.37 bits per heavy atom. The third-order valence-electron chi connectivity index (χ3n) is 5.63. The molecule has 4 unspecified atom stereocenters. The SMILES string of the molecule is CCCNC(=O)C(C)NC1C2(C)CCC(C2)C1(C)C. The molecule has 4 atom stereocenters. The second kappa shape index (κ2) is 5.08. The van der Waals surface area contributed by atoms with Crippen LogP contribution in [0.15, 0.2) is 0 Å². The number of fused-ring (bicyclic) bond motifs is 2. The first-order valence-electron chi connectivity index (χ1n) is 7.85. The molecule has 0 spiro atoms. The zero-order chi connectivity index (χ0) is 14.3. The molecule has 0 saturated heterocycles. The van der Waals surface area contributed by atoms with Crippen LogP contribution in [0.5, 0.6) is 0 Å². The highest BCUT2D eigenvalue weighted by molar-refractivity contribution is 5.81. The lowest BCUT2D eigenvalue weighted by molar-refractivity contribution is -0.123. The molecule has 0 aliphatic heterocycles. The van der Waals surface area contributed by atoms with Crippen molar-refractivity contribution in [1.29, 1.82) is 0 Å². The fourth-order valence-electron chi connectivity index (χ4n) is 4.44. The van der Waals surface area contributed by atoms with Gasteiger partial charge in [0.1, 0.15) is 0 Å². The van der Waals surface area contributed by atoms with Gasteiger partial charge in [-0.25, -0.2) is 0 Å². The molecule has 3 nitrogen and oxygen atoms in total. The molecular formula is C16H30N2O. The molecule has 3 heteroatoms. The van der Waals surface area contributed by atoms with Gasteiger partial charge in [0.15, 0.2) is 0 Å². The van der Waals surface area contributed by atoms with Gasteiger partial charge in [0.05, 0.1) is 6.04 Å². The van der Waals surface area contributed by atoms with Crippen LogP contribution in [0.4, 0.5) is 0 Å². The standard InChI is InChI=1S/C16H30N2O/c1-6-9-17-13(19)11(2)18-14-15(3,4)12-7-8-16(14,5)10-12/h11-12,14,18H,6-10H2,1-5H3,(H,17,19). The van der Waals surface area contributed by atoms with E-state index in [-0.39, 0.29) is 11.9 Å². The number of amides is 1. The highest BCUT2D eigenvalue weighted by atomic mass is 16.2. The van der Waals surface area contributed by atoms with E-state index < -0.39 is 0 Å². The van der Waals surface area contributed by atoms with Crippen molar-refractivity contribution in [3.8, 4) is 0 Å². The molecule has 2 bridgehead atoms. The molecule has 2 fully saturated rings. The van der Waals surface area contributed by atoms with E-state index in [1.807, 2.05) is 6.92 Å². The van der Waals surface area contributed by atoms with Gasteiger partial charge in [-0.1, -0.05) is 27.7 Å². The molecule has 2 saturated carbocycles. The van der Waals surface area contributed by atoms with Crippen LogP contribution >= 0.6 is 0 Å². The van der Waals surface area contributed by atoms with Crippen molar-refractivity contribution in [2.75, 3.05) is 6.54 Å². The molecule has 0 radical (unpaired) electrons. The summed E-state index contributed by atoms with van der Waals surface area (Å²) in [6.45, 7) is 12.0. The zero-order valence-corrected chi connectivity index (χ0v) is 13.2. The van der Waals surface area contributed by atoms with Crippen molar-refractivity contribution in [2.24, 2.45) is 16.7 Å². The van der Waals surface area contributed by atoms with E-state index in [1.165, 1.54) is 19.3 Å². The van der Waals surface area contributed by atoms with Gasteiger partial charge < -0.3 is 10.6 Å². The summed E-state index contributed by atoms with van der Waals surface area (Å²) in [7, 11) is 0. The molecule has 2 rings (SSSR count). The van der Waals surface area contributed by atoms with Crippen LogP contribution in [-0.2, 0) is 4.79 Å². The fourth-order valence-corrected chi connectivity index (χ4v) is 4.44. The summed E-state index contributed by atoms with van der Waals surface area (Å²) in [5.74, 6) is 0.963. The molecular weight excluding hydrogens is 236 g/mol. The van der Waals surface area contributed by atoms with E-state index in [0.717, 1.165) is 18.9 Å². The van der Waals surface area contributed by atoms with Crippen molar-refractivity contribution in [1.82, 2.24) is 10.6 Å². The van der Waals surface area contributed by atoms with Crippen molar-refractivity contribution in [2.45, 2.75) is 72.4 Å². The summed E-state index contributed by atoms with van der Waals surface area (Å²) in [5.41, 5.74) is 0.694. The minimum Gasteiger partial charge on any atom is -0.355 e. The Morgan fingerprint density at radius 3 is 2.58 bits per heavy atom. The monoisotopic (exact) mass is 266 g/mol. The Morgan fingerprint density at radius 2 is 2.05 bits per heavy atom. The van der Waals surface area contributed by atoms with Gasteiger partial charge in [0, 0.05) is 12.6 Å². The summed E-state index contributed by atoms with van der Waals surface area (Å²) < 4.78 is 0. The van der Waals surface area contributed by atoms with Gasteiger partial charge in [-0.05, 0) is 49.4 Å². The Balaban J connectivity index is 2.00. The number of rotatable bonds is 5. The average molecular weight is 266 g/mol. The molecule has 2 N–H and O–H groups in total. The van der Waals surface area contributed by atoms with E-state index >= 15 is 0 Å². The lowest BCUT2D eigenvalue weighted by Crippen LogP contribution is -2.56. The first-order valence-corrected chi connectivity index (χ1v) is 7.85. The van der Waals surface area contributed by atoms with Crippen LogP contribution < -0.4 is 10.6 Å². The van der Waals surface area contributed by atoms with Crippen LogP contribution in [0.25, 0.3) is 0 Å². The van der Waals surface area contributed by atoms with Gasteiger partial charge in [-0.3, -0.25) is 4.79 Å². The van der Waals surface area contributed by atoms with E-state index in [0.29, 0.717) is 16.9 Å². The molecule has 1 amide bonds. The molecule has 0 heterocycles. The largest absolute Gasteiger partial charge is 0.355 e. The third kappa shape index (κ3) is 2.54. The van der Waals surface area contributed by atoms with Gasteiger partial charge in [-0.2, -0.15) is 0 Å².